The molecule has 1 saturated heterocycles. The molecule has 8 nitrogen and oxygen atoms in total. The lowest BCUT2D eigenvalue weighted by molar-refractivity contribution is 0.0524. The van der Waals surface area contributed by atoms with Crippen LogP contribution in [0.3, 0.4) is 0 Å². The van der Waals surface area contributed by atoms with Gasteiger partial charge in [-0.05, 0) is 50.5 Å². The largest absolute Gasteiger partial charge is 0.507 e. The molecule has 0 bridgehead atoms. The van der Waals surface area contributed by atoms with E-state index in [4.69, 9.17) is 14.2 Å². The van der Waals surface area contributed by atoms with Gasteiger partial charge in [-0.3, -0.25) is 14.4 Å². The van der Waals surface area contributed by atoms with Crippen LogP contribution in [0.2, 0.25) is 0 Å². The fourth-order valence-corrected chi connectivity index (χ4v) is 3.90. The van der Waals surface area contributed by atoms with Crippen LogP contribution in [0.5, 0.6) is 23.0 Å². The van der Waals surface area contributed by atoms with Gasteiger partial charge >= 0.3 is 0 Å². The van der Waals surface area contributed by atoms with Gasteiger partial charge in [0.15, 0.2) is 24.1 Å². The van der Waals surface area contributed by atoms with Crippen LogP contribution in [0.1, 0.15) is 57.3 Å². The number of carbonyl (C=O) groups excluding carboxylic acids is 3. The average Bonchev–Trinajstić information content (AvgIpc) is 2.82. The molecule has 0 aliphatic carbocycles. The number of ether oxygens (including phenoxy) is 3. The number of hydrogen-bond acceptors (Lipinski definition) is 7. The zero-order valence-corrected chi connectivity index (χ0v) is 18.2. The van der Waals surface area contributed by atoms with Crippen molar-refractivity contribution in [3.8, 4) is 23.0 Å². The number of phenolic OH excluding ortho intramolecular Hbond substituents is 1. The maximum atomic E-state index is 13.5. The van der Waals surface area contributed by atoms with Crippen molar-refractivity contribution < 1.29 is 33.7 Å². The predicted octanol–water partition coefficient (Wildman–Crippen LogP) is 3.50. The van der Waals surface area contributed by atoms with Gasteiger partial charge in [-0.2, -0.15) is 0 Å². The van der Waals surface area contributed by atoms with Crippen molar-refractivity contribution in [2.45, 2.75) is 32.2 Å². The Balaban J connectivity index is 1.87. The van der Waals surface area contributed by atoms with Gasteiger partial charge in [0, 0.05) is 6.54 Å². The summed E-state index contributed by atoms with van der Waals surface area (Å²) in [6.45, 7) is 2.77. The van der Waals surface area contributed by atoms with E-state index in [1.165, 1.54) is 13.2 Å². The monoisotopic (exact) mass is 441 g/mol. The lowest BCUT2D eigenvalue weighted by Crippen LogP contribution is -2.47. The summed E-state index contributed by atoms with van der Waals surface area (Å²) < 4.78 is 16.7. The standard InChI is InChI=1S/C24H27NO7/c1-3-31-23-18(13-26)17(10-11-22(23)30-2)24(29)25-12-5-4-7-16(25)15-32-21-9-6-8-20(28)19(21)14-27/h6,8-11,13-14,16,28H,3-5,7,12,15H2,1-2H3/t16-/m0/s1. The molecule has 0 unspecified atom stereocenters. The number of methoxy groups -OCH3 is 1. The van der Waals surface area contributed by atoms with E-state index in [2.05, 4.69) is 0 Å². The molecule has 1 N–H and O–H groups in total. The van der Waals surface area contributed by atoms with Gasteiger partial charge in [0.25, 0.3) is 5.91 Å². The molecular weight excluding hydrogens is 414 g/mol. The highest BCUT2D eigenvalue weighted by atomic mass is 16.5. The SMILES string of the molecule is CCOc1c(OC)ccc(C(=O)N2CCCC[C@H]2COc2cccc(O)c2C=O)c1C=O. The molecule has 0 spiro atoms. The first-order valence-electron chi connectivity index (χ1n) is 10.6. The van der Waals surface area contributed by atoms with E-state index in [-0.39, 0.29) is 52.5 Å². The Labute approximate surface area is 186 Å². The van der Waals surface area contributed by atoms with Crippen LogP contribution in [0.15, 0.2) is 30.3 Å². The van der Waals surface area contributed by atoms with Gasteiger partial charge in [0.2, 0.25) is 0 Å². The van der Waals surface area contributed by atoms with Crippen molar-refractivity contribution in [2.24, 2.45) is 0 Å². The van der Waals surface area contributed by atoms with Gasteiger partial charge in [-0.1, -0.05) is 6.07 Å². The summed E-state index contributed by atoms with van der Waals surface area (Å²) in [6.07, 6.45) is 3.62. The third kappa shape index (κ3) is 4.69. The Bertz CT molecular complexity index is 989. The van der Waals surface area contributed by atoms with E-state index in [9.17, 15) is 19.5 Å². The number of likely N-dealkylation sites (tertiary alicyclic amines) is 1. The maximum Gasteiger partial charge on any atom is 0.255 e. The van der Waals surface area contributed by atoms with Crippen molar-refractivity contribution in [1.82, 2.24) is 4.90 Å². The number of piperidine rings is 1. The number of carbonyl (C=O) groups is 3. The number of phenols is 1. The van der Waals surface area contributed by atoms with Crippen LogP contribution < -0.4 is 14.2 Å². The number of nitrogens with zero attached hydrogens (tertiary/aromatic N) is 1. The first-order valence-corrected chi connectivity index (χ1v) is 10.6. The summed E-state index contributed by atoms with van der Waals surface area (Å²) in [7, 11) is 1.47. The fraction of sp³-hybridized carbons (Fsp3) is 0.375. The third-order valence-corrected chi connectivity index (χ3v) is 5.50. The van der Waals surface area contributed by atoms with E-state index in [0.29, 0.717) is 37.9 Å². The molecule has 1 fully saturated rings. The Morgan fingerprint density at radius 1 is 1.09 bits per heavy atom. The average molecular weight is 441 g/mol. The summed E-state index contributed by atoms with van der Waals surface area (Å²) in [5, 5.41) is 9.86. The second-order valence-corrected chi connectivity index (χ2v) is 7.38. The highest BCUT2D eigenvalue weighted by molar-refractivity contribution is 6.03. The molecule has 170 valence electrons. The summed E-state index contributed by atoms with van der Waals surface area (Å²) in [5.74, 6) is 0.432. The molecule has 2 aromatic rings. The summed E-state index contributed by atoms with van der Waals surface area (Å²) in [4.78, 5) is 38.3. The normalized spacial score (nSPS) is 15.7. The number of hydrogen-bond donors (Lipinski definition) is 1. The number of rotatable bonds is 9. The molecule has 1 aliphatic rings. The smallest absolute Gasteiger partial charge is 0.255 e. The van der Waals surface area contributed by atoms with Crippen LogP contribution in [0, 0.1) is 0 Å². The summed E-state index contributed by atoms with van der Waals surface area (Å²) in [6, 6.07) is 7.53. The first kappa shape index (κ1) is 23.1. The lowest BCUT2D eigenvalue weighted by atomic mass is 9.99. The molecule has 1 atom stereocenters. The summed E-state index contributed by atoms with van der Waals surface area (Å²) >= 11 is 0. The maximum absolute atomic E-state index is 13.5. The number of benzene rings is 2. The topological polar surface area (TPSA) is 102 Å². The Kier molecular flexibility index (Phi) is 7.70. The van der Waals surface area contributed by atoms with E-state index in [1.807, 2.05) is 0 Å². The van der Waals surface area contributed by atoms with Crippen molar-refractivity contribution in [1.29, 1.82) is 0 Å². The van der Waals surface area contributed by atoms with E-state index >= 15 is 0 Å². The van der Waals surface area contributed by atoms with Crippen LogP contribution in [0.4, 0.5) is 0 Å². The molecule has 1 heterocycles. The van der Waals surface area contributed by atoms with Gasteiger partial charge in [-0.25, -0.2) is 0 Å². The minimum atomic E-state index is -0.296. The third-order valence-electron chi connectivity index (χ3n) is 5.50. The number of aromatic hydroxyl groups is 1. The van der Waals surface area contributed by atoms with Gasteiger partial charge in [-0.15, -0.1) is 0 Å². The van der Waals surface area contributed by atoms with Crippen molar-refractivity contribution >= 4 is 18.5 Å². The fourth-order valence-electron chi connectivity index (χ4n) is 3.90. The Morgan fingerprint density at radius 3 is 2.56 bits per heavy atom. The molecule has 1 amide bonds. The first-order chi connectivity index (χ1) is 15.5. The highest BCUT2D eigenvalue weighted by Crippen LogP contribution is 2.34. The zero-order valence-electron chi connectivity index (χ0n) is 18.2. The highest BCUT2D eigenvalue weighted by Gasteiger charge is 2.31. The van der Waals surface area contributed by atoms with Gasteiger partial charge < -0.3 is 24.2 Å². The molecule has 0 aromatic heterocycles. The molecule has 2 aromatic carbocycles. The lowest BCUT2D eigenvalue weighted by Gasteiger charge is -2.36. The van der Waals surface area contributed by atoms with Crippen molar-refractivity contribution in [3.63, 3.8) is 0 Å². The predicted molar refractivity (Wildman–Crippen MR) is 117 cm³/mol. The van der Waals surface area contributed by atoms with Crippen LogP contribution in [-0.4, -0.2) is 61.4 Å². The minimum Gasteiger partial charge on any atom is -0.507 e. The van der Waals surface area contributed by atoms with E-state index in [0.717, 1.165) is 12.8 Å². The molecular formula is C24H27NO7. The summed E-state index contributed by atoms with van der Waals surface area (Å²) in [5.41, 5.74) is 0.459. The second kappa shape index (κ2) is 10.7. The molecule has 32 heavy (non-hydrogen) atoms. The van der Waals surface area contributed by atoms with Gasteiger partial charge in [0.1, 0.15) is 18.1 Å². The Hall–Kier alpha value is -3.55. The van der Waals surface area contributed by atoms with Crippen LogP contribution in [-0.2, 0) is 0 Å². The van der Waals surface area contributed by atoms with E-state index in [1.54, 1.807) is 36.1 Å². The number of aldehydes is 2. The Morgan fingerprint density at radius 2 is 1.88 bits per heavy atom. The van der Waals surface area contributed by atoms with Crippen molar-refractivity contribution in [3.05, 3.63) is 47.0 Å². The van der Waals surface area contributed by atoms with Crippen LogP contribution >= 0.6 is 0 Å². The molecule has 0 radical (unpaired) electrons. The molecule has 3 rings (SSSR count). The zero-order chi connectivity index (χ0) is 23.1. The molecule has 8 heteroatoms. The molecule has 0 saturated carbocycles. The van der Waals surface area contributed by atoms with Crippen LogP contribution in [0.25, 0.3) is 0 Å². The van der Waals surface area contributed by atoms with E-state index < -0.39 is 0 Å². The minimum absolute atomic E-state index is 0.0703. The molecule has 1 aliphatic heterocycles. The quantitative estimate of drug-likeness (QED) is 0.594. The number of amides is 1. The second-order valence-electron chi connectivity index (χ2n) is 7.38. The van der Waals surface area contributed by atoms with Gasteiger partial charge in [0.05, 0.1) is 36.4 Å². The van der Waals surface area contributed by atoms with Crippen molar-refractivity contribution in [2.75, 3.05) is 26.9 Å².